The Bertz CT molecular complexity index is 1340. The molecule has 2 aliphatic heterocycles. The Morgan fingerprint density at radius 3 is 2.45 bits per heavy atom. The van der Waals surface area contributed by atoms with Gasteiger partial charge in [0.25, 0.3) is 5.92 Å². The van der Waals surface area contributed by atoms with Crippen molar-refractivity contribution in [3.63, 3.8) is 0 Å². The molecule has 2 saturated heterocycles. The van der Waals surface area contributed by atoms with Crippen molar-refractivity contribution >= 4 is 22.7 Å². The number of hydrogen-bond donors (Lipinski definition) is 1. The van der Waals surface area contributed by atoms with Crippen LogP contribution in [0, 0.1) is 0 Å². The van der Waals surface area contributed by atoms with Crippen LogP contribution in [-0.2, 0) is 10.7 Å². The van der Waals surface area contributed by atoms with E-state index in [0.717, 1.165) is 95.2 Å². The zero-order chi connectivity index (χ0) is 26.4. The number of aromatic carboxylic acids is 1. The molecule has 38 heavy (non-hydrogen) atoms. The molecule has 8 nitrogen and oxygen atoms in total. The molecule has 0 unspecified atom stereocenters. The number of piperidine rings is 1. The van der Waals surface area contributed by atoms with Gasteiger partial charge in [0.2, 0.25) is 0 Å². The third-order valence-corrected chi connectivity index (χ3v) is 8.32. The van der Waals surface area contributed by atoms with Crippen molar-refractivity contribution in [3.05, 3.63) is 47.3 Å². The van der Waals surface area contributed by atoms with Gasteiger partial charge in [0.1, 0.15) is 0 Å². The Morgan fingerprint density at radius 2 is 1.82 bits per heavy atom. The van der Waals surface area contributed by atoms with E-state index in [2.05, 4.69) is 14.8 Å². The molecule has 6 rings (SSSR count). The molecular formula is C28H33F2N5O3. The standard InChI is InChI=1S/C28H33F2N5O3/c1-28(29,30)19-6-3-7-21(16-19)35-26-24(25(32-35)18-4-2-5-18)23(17-22(31-26)27(36)37)34-10-8-20(9-11-34)33-12-14-38-15-13-33/h3,6-7,16-18,20H,2,4-5,8-15H2,1H3,(H,36,37). The number of pyridine rings is 1. The van der Waals surface area contributed by atoms with E-state index in [4.69, 9.17) is 9.84 Å². The highest BCUT2D eigenvalue weighted by Crippen LogP contribution is 2.43. The third-order valence-electron chi connectivity index (χ3n) is 8.32. The van der Waals surface area contributed by atoms with Crippen LogP contribution >= 0.6 is 0 Å². The van der Waals surface area contributed by atoms with Gasteiger partial charge in [-0.3, -0.25) is 4.90 Å². The fourth-order valence-electron chi connectivity index (χ4n) is 5.95. The Kier molecular flexibility index (Phi) is 6.55. The summed E-state index contributed by atoms with van der Waals surface area (Å²) in [7, 11) is 0. The van der Waals surface area contributed by atoms with Crippen LogP contribution in [0.25, 0.3) is 16.7 Å². The molecule has 0 amide bonds. The summed E-state index contributed by atoms with van der Waals surface area (Å²) in [6.45, 7) is 5.89. The van der Waals surface area contributed by atoms with E-state index >= 15 is 0 Å². The molecule has 0 atom stereocenters. The number of nitrogens with zero attached hydrogens (tertiary/aromatic N) is 5. The summed E-state index contributed by atoms with van der Waals surface area (Å²) in [5.74, 6) is -3.88. The SMILES string of the molecule is CC(F)(F)c1cccc(-n2nc(C3CCC3)c3c(N4CCC(N5CCOCC5)CC4)cc(C(=O)O)nc32)c1. The lowest BCUT2D eigenvalue weighted by atomic mass is 9.82. The molecule has 1 aliphatic carbocycles. The fourth-order valence-corrected chi connectivity index (χ4v) is 5.95. The van der Waals surface area contributed by atoms with E-state index in [-0.39, 0.29) is 17.2 Å². The summed E-state index contributed by atoms with van der Waals surface area (Å²) in [5, 5.41) is 15.7. The summed E-state index contributed by atoms with van der Waals surface area (Å²) in [4.78, 5) is 21.4. The molecule has 202 valence electrons. The largest absolute Gasteiger partial charge is 0.477 e. The maximum atomic E-state index is 14.2. The van der Waals surface area contributed by atoms with Crippen molar-refractivity contribution in [1.29, 1.82) is 0 Å². The summed E-state index contributed by atoms with van der Waals surface area (Å²) in [6, 6.07) is 8.26. The number of hydrogen-bond acceptors (Lipinski definition) is 6. The second-order valence-electron chi connectivity index (χ2n) is 10.8. The van der Waals surface area contributed by atoms with E-state index in [1.54, 1.807) is 22.9 Å². The monoisotopic (exact) mass is 525 g/mol. The molecule has 1 N–H and O–H groups in total. The zero-order valence-corrected chi connectivity index (χ0v) is 21.6. The average Bonchev–Trinajstić information content (AvgIpc) is 3.26. The third kappa shape index (κ3) is 4.64. The maximum Gasteiger partial charge on any atom is 0.354 e. The Morgan fingerprint density at radius 1 is 1.08 bits per heavy atom. The molecule has 10 heteroatoms. The zero-order valence-electron chi connectivity index (χ0n) is 21.6. The van der Waals surface area contributed by atoms with Gasteiger partial charge < -0.3 is 14.7 Å². The number of carbonyl (C=O) groups is 1. The summed E-state index contributed by atoms with van der Waals surface area (Å²) >= 11 is 0. The first kappa shape index (κ1) is 25.2. The number of ether oxygens (including phenoxy) is 1. The van der Waals surface area contributed by atoms with Crippen LogP contribution in [0.4, 0.5) is 14.5 Å². The van der Waals surface area contributed by atoms with Crippen molar-refractivity contribution < 1.29 is 23.4 Å². The first-order valence-corrected chi connectivity index (χ1v) is 13.5. The van der Waals surface area contributed by atoms with Gasteiger partial charge in [-0.05, 0) is 43.9 Å². The molecule has 3 aliphatic rings. The molecule has 0 spiro atoms. The molecule has 2 aromatic heterocycles. The lowest BCUT2D eigenvalue weighted by molar-refractivity contribution is 0.0115. The van der Waals surface area contributed by atoms with Gasteiger partial charge in [-0.15, -0.1) is 0 Å². The lowest BCUT2D eigenvalue weighted by Crippen LogP contribution is -2.49. The summed E-state index contributed by atoms with van der Waals surface area (Å²) in [6.07, 6.45) is 5.06. The number of halogens is 2. The molecule has 0 bridgehead atoms. The molecule has 3 aromatic rings. The second-order valence-corrected chi connectivity index (χ2v) is 10.8. The summed E-state index contributed by atoms with van der Waals surface area (Å²) in [5.41, 5.74) is 2.39. The van der Waals surface area contributed by atoms with E-state index in [9.17, 15) is 18.7 Å². The minimum Gasteiger partial charge on any atom is -0.477 e. The van der Waals surface area contributed by atoms with E-state index in [1.165, 1.54) is 12.1 Å². The van der Waals surface area contributed by atoms with Gasteiger partial charge in [0.15, 0.2) is 11.3 Å². The van der Waals surface area contributed by atoms with Gasteiger partial charge in [-0.2, -0.15) is 5.10 Å². The number of anilines is 1. The minimum absolute atomic E-state index is 0.0684. The smallest absolute Gasteiger partial charge is 0.354 e. The van der Waals surface area contributed by atoms with Crippen molar-refractivity contribution in [2.45, 2.75) is 56.9 Å². The normalized spacial score (nSPS) is 20.1. The first-order valence-electron chi connectivity index (χ1n) is 13.5. The topological polar surface area (TPSA) is 83.7 Å². The minimum atomic E-state index is -3.01. The highest BCUT2D eigenvalue weighted by atomic mass is 19.3. The lowest BCUT2D eigenvalue weighted by Gasteiger charge is -2.41. The van der Waals surface area contributed by atoms with Gasteiger partial charge in [-0.1, -0.05) is 18.6 Å². The number of rotatable bonds is 6. The predicted octanol–water partition coefficient (Wildman–Crippen LogP) is 4.80. The number of carboxylic acid groups (broad SMARTS) is 1. The average molecular weight is 526 g/mol. The molecule has 0 radical (unpaired) electrons. The molecule has 3 fully saturated rings. The van der Waals surface area contributed by atoms with Crippen LogP contribution in [-0.4, -0.2) is 76.2 Å². The number of benzene rings is 1. The molecule has 1 saturated carbocycles. The van der Waals surface area contributed by atoms with Crippen molar-refractivity contribution in [2.75, 3.05) is 44.3 Å². The molecule has 4 heterocycles. The van der Waals surface area contributed by atoms with Crippen LogP contribution in [0.15, 0.2) is 30.3 Å². The summed E-state index contributed by atoms with van der Waals surface area (Å²) < 4.78 is 35.4. The van der Waals surface area contributed by atoms with Crippen LogP contribution < -0.4 is 4.90 Å². The highest BCUT2D eigenvalue weighted by Gasteiger charge is 2.33. The van der Waals surface area contributed by atoms with Crippen molar-refractivity contribution in [1.82, 2.24) is 19.7 Å². The van der Waals surface area contributed by atoms with E-state index in [0.29, 0.717) is 17.4 Å². The molecular weight excluding hydrogens is 492 g/mol. The van der Waals surface area contributed by atoms with E-state index < -0.39 is 11.9 Å². The second kappa shape index (κ2) is 9.89. The highest BCUT2D eigenvalue weighted by molar-refractivity contribution is 5.98. The first-order chi connectivity index (χ1) is 18.3. The quantitative estimate of drug-likeness (QED) is 0.495. The van der Waals surface area contributed by atoms with Crippen LogP contribution in [0.5, 0.6) is 0 Å². The molecule has 1 aromatic carbocycles. The van der Waals surface area contributed by atoms with Crippen LogP contribution in [0.1, 0.15) is 66.7 Å². The van der Waals surface area contributed by atoms with Gasteiger partial charge in [0, 0.05) is 50.6 Å². The Labute approximate surface area is 220 Å². The van der Waals surface area contributed by atoms with E-state index in [1.807, 2.05) is 0 Å². The van der Waals surface area contributed by atoms with Crippen molar-refractivity contribution in [2.24, 2.45) is 0 Å². The van der Waals surface area contributed by atoms with Gasteiger partial charge in [0.05, 0.1) is 35.7 Å². The van der Waals surface area contributed by atoms with Crippen molar-refractivity contribution in [3.8, 4) is 5.69 Å². The predicted molar refractivity (Wildman–Crippen MR) is 140 cm³/mol. The number of morpholine rings is 1. The number of carboxylic acids is 1. The van der Waals surface area contributed by atoms with Gasteiger partial charge >= 0.3 is 5.97 Å². The van der Waals surface area contributed by atoms with Gasteiger partial charge in [-0.25, -0.2) is 23.2 Å². The number of fused-ring (bicyclic) bond motifs is 1. The Hall–Kier alpha value is -3.11. The fraction of sp³-hybridized carbons (Fsp3) is 0.536. The maximum absolute atomic E-state index is 14.2. The van der Waals surface area contributed by atoms with Crippen LogP contribution in [0.3, 0.4) is 0 Å². The Balaban J connectivity index is 1.44. The number of aromatic nitrogens is 3. The van der Waals surface area contributed by atoms with Crippen LogP contribution in [0.2, 0.25) is 0 Å². The number of alkyl halides is 2.